The van der Waals surface area contributed by atoms with Gasteiger partial charge in [-0.2, -0.15) is 0 Å². The first kappa shape index (κ1) is 10.3. The van der Waals surface area contributed by atoms with Crippen LogP contribution in [0.5, 0.6) is 0 Å². The second-order valence-electron chi connectivity index (χ2n) is 3.88. The second-order valence-corrected chi connectivity index (χ2v) is 3.88. The third-order valence-electron chi connectivity index (χ3n) is 2.56. The van der Waals surface area contributed by atoms with E-state index >= 15 is 0 Å². The van der Waals surface area contributed by atoms with Crippen LogP contribution in [0, 0.1) is 5.92 Å². The van der Waals surface area contributed by atoms with Gasteiger partial charge in [-0.05, 0) is 38.8 Å². The van der Waals surface area contributed by atoms with Crippen molar-refractivity contribution in [3.05, 3.63) is 12.2 Å². The lowest BCUT2D eigenvalue weighted by Gasteiger charge is -2.29. The van der Waals surface area contributed by atoms with Crippen molar-refractivity contribution in [1.82, 2.24) is 4.90 Å². The first-order valence-electron chi connectivity index (χ1n) is 4.69. The van der Waals surface area contributed by atoms with Gasteiger partial charge in [-0.1, -0.05) is 6.58 Å². The molecule has 0 radical (unpaired) electrons. The maximum Gasteiger partial charge on any atom is 0.330 e. The van der Waals surface area contributed by atoms with Crippen LogP contribution in [0.1, 0.15) is 19.3 Å². The van der Waals surface area contributed by atoms with E-state index < -0.39 is 5.97 Å². The van der Waals surface area contributed by atoms with Crippen LogP contribution >= 0.6 is 0 Å². The van der Waals surface area contributed by atoms with Crippen LogP contribution in [0.4, 0.5) is 0 Å². The van der Waals surface area contributed by atoms with E-state index in [0.29, 0.717) is 17.9 Å². The molecule has 0 spiro atoms. The van der Waals surface area contributed by atoms with Gasteiger partial charge in [0, 0.05) is 12.1 Å². The molecule has 3 nitrogen and oxygen atoms in total. The number of hydrogen-bond acceptors (Lipinski definition) is 2. The van der Waals surface area contributed by atoms with E-state index in [9.17, 15) is 4.79 Å². The van der Waals surface area contributed by atoms with E-state index in [-0.39, 0.29) is 0 Å². The standard InChI is InChI=1S/C10H17NO2/c1-8(10(12)13)6-9-4-3-5-11(2)7-9/h9H,1,3-7H2,2H3,(H,12,13). The van der Waals surface area contributed by atoms with Gasteiger partial charge in [0.15, 0.2) is 0 Å². The predicted molar refractivity (Wildman–Crippen MR) is 51.6 cm³/mol. The zero-order chi connectivity index (χ0) is 9.84. The summed E-state index contributed by atoms with van der Waals surface area (Å²) in [5.41, 5.74) is 0.348. The summed E-state index contributed by atoms with van der Waals surface area (Å²) in [5, 5.41) is 8.67. The van der Waals surface area contributed by atoms with Gasteiger partial charge in [0.05, 0.1) is 0 Å². The minimum atomic E-state index is -0.853. The van der Waals surface area contributed by atoms with Gasteiger partial charge in [0.1, 0.15) is 0 Å². The molecule has 0 bridgehead atoms. The number of carboxylic acids is 1. The molecule has 1 unspecified atom stereocenters. The molecule has 1 saturated heterocycles. The molecule has 1 aliphatic heterocycles. The Kier molecular flexibility index (Phi) is 3.48. The van der Waals surface area contributed by atoms with Crippen molar-refractivity contribution in [2.75, 3.05) is 20.1 Å². The smallest absolute Gasteiger partial charge is 0.330 e. The molecule has 1 N–H and O–H groups in total. The Morgan fingerprint density at radius 3 is 2.92 bits per heavy atom. The van der Waals surface area contributed by atoms with Gasteiger partial charge < -0.3 is 10.0 Å². The zero-order valence-electron chi connectivity index (χ0n) is 8.12. The van der Waals surface area contributed by atoms with Crippen molar-refractivity contribution in [3.63, 3.8) is 0 Å². The number of nitrogens with zero attached hydrogens (tertiary/aromatic N) is 1. The van der Waals surface area contributed by atoms with Crippen LogP contribution < -0.4 is 0 Å². The van der Waals surface area contributed by atoms with Crippen molar-refractivity contribution >= 4 is 5.97 Å². The first-order chi connectivity index (χ1) is 6.09. The molecule has 3 heteroatoms. The summed E-state index contributed by atoms with van der Waals surface area (Å²) in [6.45, 7) is 5.70. The fourth-order valence-electron chi connectivity index (χ4n) is 1.88. The number of likely N-dealkylation sites (tertiary alicyclic amines) is 1. The molecule has 1 heterocycles. The highest BCUT2D eigenvalue weighted by Crippen LogP contribution is 2.21. The largest absolute Gasteiger partial charge is 0.478 e. The van der Waals surface area contributed by atoms with Gasteiger partial charge >= 0.3 is 5.97 Å². The average molecular weight is 183 g/mol. The van der Waals surface area contributed by atoms with Gasteiger partial charge in [0.25, 0.3) is 0 Å². The highest BCUT2D eigenvalue weighted by molar-refractivity contribution is 5.85. The molecule has 0 amide bonds. The van der Waals surface area contributed by atoms with Crippen molar-refractivity contribution in [1.29, 1.82) is 0 Å². The number of carboxylic acid groups (broad SMARTS) is 1. The quantitative estimate of drug-likeness (QED) is 0.672. The molecule has 13 heavy (non-hydrogen) atoms. The Morgan fingerprint density at radius 2 is 2.38 bits per heavy atom. The van der Waals surface area contributed by atoms with Crippen LogP contribution in [0.3, 0.4) is 0 Å². The van der Waals surface area contributed by atoms with Gasteiger partial charge in [0.2, 0.25) is 0 Å². The molecular formula is C10H17NO2. The molecule has 0 aromatic heterocycles. The predicted octanol–water partition coefficient (Wildman–Crippen LogP) is 1.36. The lowest BCUT2D eigenvalue weighted by molar-refractivity contribution is -0.132. The Hall–Kier alpha value is -0.830. The van der Waals surface area contributed by atoms with Crippen LogP contribution in [0.2, 0.25) is 0 Å². The van der Waals surface area contributed by atoms with Crippen molar-refractivity contribution in [3.8, 4) is 0 Å². The fourth-order valence-corrected chi connectivity index (χ4v) is 1.88. The molecule has 0 aliphatic carbocycles. The lowest BCUT2D eigenvalue weighted by atomic mass is 9.92. The topological polar surface area (TPSA) is 40.5 Å². The molecule has 1 aliphatic rings. The summed E-state index contributed by atoms with van der Waals surface area (Å²) in [6, 6.07) is 0. The monoisotopic (exact) mass is 183 g/mol. The highest BCUT2D eigenvalue weighted by Gasteiger charge is 2.19. The minimum Gasteiger partial charge on any atom is -0.478 e. The maximum atomic E-state index is 10.5. The normalized spacial score (nSPS) is 24.2. The molecule has 0 aromatic carbocycles. The van der Waals surface area contributed by atoms with Gasteiger partial charge in [-0.25, -0.2) is 4.79 Å². The Labute approximate surface area is 79.0 Å². The number of aliphatic carboxylic acids is 1. The fraction of sp³-hybridized carbons (Fsp3) is 0.700. The van der Waals surface area contributed by atoms with Crippen LogP contribution in [-0.4, -0.2) is 36.1 Å². The van der Waals surface area contributed by atoms with E-state index in [1.54, 1.807) is 0 Å². The number of rotatable bonds is 3. The second kappa shape index (κ2) is 4.42. The Morgan fingerprint density at radius 1 is 1.69 bits per heavy atom. The van der Waals surface area contributed by atoms with Crippen molar-refractivity contribution < 1.29 is 9.90 Å². The SMILES string of the molecule is C=C(CC1CCCN(C)C1)C(=O)O. The molecule has 1 rings (SSSR count). The molecular weight excluding hydrogens is 166 g/mol. The summed E-state index contributed by atoms with van der Waals surface area (Å²) in [4.78, 5) is 12.8. The summed E-state index contributed by atoms with van der Waals surface area (Å²) in [7, 11) is 2.08. The van der Waals surface area contributed by atoms with E-state index in [1.807, 2.05) is 0 Å². The van der Waals surface area contributed by atoms with Crippen LogP contribution in [0.25, 0.3) is 0 Å². The van der Waals surface area contributed by atoms with Crippen LogP contribution in [-0.2, 0) is 4.79 Å². The van der Waals surface area contributed by atoms with E-state index in [0.717, 1.165) is 19.5 Å². The van der Waals surface area contributed by atoms with Crippen molar-refractivity contribution in [2.45, 2.75) is 19.3 Å². The summed E-state index contributed by atoms with van der Waals surface area (Å²) in [5.74, 6) is -0.365. The van der Waals surface area contributed by atoms with Crippen molar-refractivity contribution in [2.24, 2.45) is 5.92 Å². The Balaban J connectivity index is 2.36. The van der Waals surface area contributed by atoms with E-state index in [4.69, 9.17) is 5.11 Å². The molecule has 1 fully saturated rings. The number of piperidine rings is 1. The molecule has 1 atom stereocenters. The first-order valence-corrected chi connectivity index (χ1v) is 4.69. The van der Waals surface area contributed by atoms with Gasteiger partial charge in [-0.3, -0.25) is 0 Å². The highest BCUT2D eigenvalue weighted by atomic mass is 16.4. The average Bonchev–Trinajstić information content (AvgIpc) is 2.04. The summed E-state index contributed by atoms with van der Waals surface area (Å²) < 4.78 is 0. The van der Waals surface area contributed by atoms with Crippen LogP contribution in [0.15, 0.2) is 12.2 Å². The third-order valence-corrected chi connectivity index (χ3v) is 2.56. The van der Waals surface area contributed by atoms with E-state index in [1.165, 1.54) is 6.42 Å². The van der Waals surface area contributed by atoms with Gasteiger partial charge in [-0.15, -0.1) is 0 Å². The van der Waals surface area contributed by atoms with E-state index in [2.05, 4.69) is 18.5 Å². The molecule has 74 valence electrons. The lowest BCUT2D eigenvalue weighted by Crippen LogP contribution is -2.32. The minimum absolute atomic E-state index is 0.348. The zero-order valence-corrected chi connectivity index (χ0v) is 8.12. The molecule has 0 aromatic rings. The maximum absolute atomic E-state index is 10.5. The molecule has 0 saturated carbocycles. The number of carbonyl (C=O) groups is 1. The third kappa shape index (κ3) is 3.19. The summed E-state index contributed by atoms with van der Waals surface area (Å²) >= 11 is 0. The number of hydrogen-bond donors (Lipinski definition) is 1. The summed E-state index contributed by atoms with van der Waals surface area (Å²) in [6.07, 6.45) is 2.95. The Bertz CT molecular complexity index is 213.